The van der Waals surface area contributed by atoms with Gasteiger partial charge >= 0.3 is 6.36 Å². The molecule has 0 radical (unpaired) electrons. The summed E-state index contributed by atoms with van der Waals surface area (Å²) in [5, 5.41) is 2.89. The zero-order valence-corrected chi connectivity index (χ0v) is 16.8. The highest BCUT2D eigenvalue weighted by Gasteiger charge is 2.31. The summed E-state index contributed by atoms with van der Waals surface area (Å²) in [5.41, 5.74) is 0.878. The van der Waals surface area contributed by atoms with E-state index in [-0.39, 0.29) is 11.7 Å². The van der Waals surface area contributed by atoms with Gasteiger partial charge in [0.2, 0.25) is 0 Å². The van der Waals surface area contributed by atoms with Crippen LogP contribution in [0.1, 0.15) is 25.7 Å². The molecule has 1 heterocycles. The van der Waals surface area contributed by atoms with Crippen LogP contribution < -0.4 is 10.1 Å². The van der Waals surface area contributed by atoms with Crippen molar-refractivity contribution in [1.82, 2.24) is 9.62 Å². The number of carbonyl (C=O) groups excluding carboxylic acids is 1. The number of alkyl halides is 3. The third kappa shape index (κ3) is 6.20. The van der Waals surface area contributed by atoms with Gasteiger partial charge in [0.05, 0.1) is 12.0 Å². The Bertz CT molecular complexity index is 782. The second kappa shape index (κ2) is 9.17. The topological polar surface area (TPSA) is 67.9 Å². The van der Waals surface area contributed by atoms with Crippen molar-refractivity contribution in [3.8, 4) is 5.75 Å². The molecule has 1 amide bonds. The van der Waals surface area contributed by atoms with Crippen molar-refractivity contribution >= 4 is 16.9 Å². The Hall–Kier alpha value is -2.07. The Kier molecular flexibility index (Phi) is 6.84. The lowest BCUT2D eigenvalue weighted by Crippen LogP contribution is -2.35. The minimum absolute atomic E-state index is 0.218. The van der Waals surface area contributed by atoms with E-state index >= 15 is 0 Å². The van der Waals surface area contributed by atoms with Gasteiger partial charge in [-0.1, -0.05) is 0 Å². The molecular formula is C19H23F3N2O4S. The number of benzene rings is 1. The first-order chi connectivity index (χ1) is 13.8. The van der Waals surface area contributed by atoms with Crippen molar-refractivity contribution in [2.24, 2.45) is 5.92 Å². The Labute approximate surface area is 169 Å². The van der Waals surface area contributed by atoms with Crippen molar-refractivity contribution in [1.29, 1.82) is 0 Å². The molecule has 0 spiro atoms. The molecule has 6 nitrogen and oxygen atoms in total. The molecule has 1 saturated carbocycles. The van der Waals surface area contributed by atoms with Crippen molar-refractivity contribution < 1.29 is 31.6 Å². The smallest absolute Gasteiger partial charge is 0.491 e. The van der Waals surface area contributed by atoms with Crippen LogP contribution in [-0.2, 0) is 20.5 Å². The van der Waals surface area contributed by atoms with Crippen molar-refractivity contribution in [3.63, 3.8) is 0 Å². The number of nitrogens with zero attached hydrogens (tertiary/aromatic N) is 1. The van der Waals surface area contributed by atoms with Crippen LogP contribution >= 0.6 is 0 Å². The van der Waals surface area contributed by atoms with Crippen LogP contribution in [0, 0.1) is 5.92 Å². The number of hydrogen-bond donors (Lipinski definition) is 1. The molecule has 160 valence electrons. The highest BCUT2D eigenvalue weighted by Crippen LogP contribution is 2.29. The fourth-order valence-electron chi connectivity index (χ4n) is 3.09. The van der Waals surface area contributed by atoms with Gasteiger partial charge < -0.3 is 14.8 Å². The molecule has 10 heteroatoms. The predicted molar refractivity (Wildman–Crippen MR) is 100 cm³/mol. The molecule has 0 aromatic heterocycles. The molecule has 1 atom stereocenters. The van der Waals surface area contributed by atoms with Gasteiger partial charge in [0.1, 0.15) is 16.7 Å². The first kappa shape index (κ1) is 21.6. The van der Waals surface area contributed by atoms with E-state index in [2.05, 4.69) is 10.1 Å². The molecule has 1 saturated heterocycles. The van der Waals surface area contributed by atoms with Crippen LogP contribution in [0.15, 0.2) is 40.5 Å². The second-order valence-corrected chi connectivity index (χ2v) is 8.47. The lowest BCUT2D eigenvalue weighted by atomic mass is 10.0. The number of rotatable bonds is 7. The van der Waals surface area contributed by atoms with Crippen molar-refractivity contribution in [3.05, 3.63) is 35.6 Å². The molecule has 2 aliphatic rings. The van der Waals surface area contributed by atoms with Crippen LogP contribution in [0.25, 0.3) is 0 Å². The summed E-state index contributed by atoms with van der Waals surface area (Å²) in [4.78, 5) is 12.7. The molecule has 1 aromatic carbocycles. The summed E-state index contributed by atoms with van der Waals surface area (Å²) in [6.45, 7) is 1.56. The summed E-state index contributed by atoms with van der Waals surface area (Å²) in [5.74, 6) is 0.317. The largest absolute Gasteiger partial charge is 0.573 e. The number of hydrogen-bond acceptors (Lipinski definition) is 4. The summed E-state index contributed by atoms with van der Waals surface area (Å²) in [6.07, 6.45) is -1.42. The Morgan fingerprint density at radius 1 is 1.21 bits per heavy atom. The Balaban J connectivity index is 1.57. The molecule has 29 heavy (non-hydrogen) atoms. The maximum Gasteiger partial charge on any atom is 0.573 e. The highest BCUT2D eigenvalue weighted by atomic mass is 32.2. The van der Waals surface area contributed by atoms with Gasteiger partial charge in [0, 0.05) is 19.6 Å². The summed E-state index contributed by atoms with van der Waals surface area (Å²) in [7, 11) is -0.0444. The maximum absolute atomic E-state index is 12.7. The maximum atomic E-state index is 12.7. The predicted octanol–water partition coefficient (Wildman–Crippen LogP) is 3.13. The lowest BCUT2D eigenvalue weighted by molar-refractivity contribution is -0.274. The third-order valence-electron chi connectivity index (χ3n) is 4.80. The number of carbonyl (C=O) groups is 1. The number of amides is 1. The quantitative estimate of drug-likeness (QED) is 0.531. The van der Waals surface area contributed by atoms with E-state index < -0.39 is 17.3 Å². The normalized spacial score (nSPS) is 18.8. The molecule has 3 rings (SSSR count). The van der Waals surface area contributed by atoms with Crippen LogP contribution in [0.4, 0.5) is 13.2 Å². The van der Waals surface area contributed by atoms with Crippen LogP contribution in [-0.4, -0.2) is 47.5 Å². The average Bonchev–Trinajstić information content (AvgIpc) is 3.51. The second-order valence-electron chi connectivity index (χ2n) is 6.99. The zero-order valence-electron chi connectivity index (χ0n) is 16.0. The van der Waals surface area contributed by atoms with Gasteiger partial charge in [-0.25, -0.2) is 8.51 Å². The number of methoxy groups -OCH3 is 1. The fourth-order valence-corrected chi connectivity index (χ4v) is 4.27. The molecule has 1 unspecified atom stereocenters. The summed E-state index contributed by atoms with van der Waals surface area (Å²) < 4.78 is 60.3. The third-order valence-corrected chi connectivity index (χ3v) is 6.31. The minimum Gasteiger partial charge on any atom is -0.491 e. The first-order valence-electron chi connectivity index (χ1n) is 9.33. The van der Waals surface area contributed by atoms with E-state index in [4.69, 9.17) is 4.74 Å². The van der Waals surface area contributed by atoms with E-state index in [9.17, 15) is 22.2 Å². The van der Waals surface area contributed by atoms with Crippen LogP contribution in [0.2, 0.25) is 0 Å². The number of ether oxygens (including phenoxy) is 2. The minimum atomic E-state index is -4.76. The Morgan fingerprint density at radius 2 is 1.83 bits per heavy atom. The van der Waals surface area contributed by atoms with E-state index in [1.807, 2.05) is 0 Å². The van der Waals surface area contributed by atoms with Gasteiger partial charge in [-0.2, -0.15) is 0 Å². The standard InChI is InChI=1S/C19H23F3N2O4S/c1-27-17(18(25)23-12-13-2-3-13)14-8-10-24(11-9-14)29(26)16-6-4-15(5-7-16)28-19(20,21)22/h4-7,13H,2-3,8-12H2,1H3,(H,23,25). The lowest BCUT2D eigenvalue weighted by Gasteiger charge is -2.28. The fraction of sp³-hybridized carbons (Fsp3) is 0.526. The van der Waals surface area contributed by atoms with Gasteiger partial charge in [-0.3, -0.25) is 4.79 Å². The molecule has 1 aliphatic carbocycles. The van der Waals surface area contributed by atoms with Gasteiger partial charge in [0.25, 0.3) is 5.91 Å². The Morgan fingerprint density at radius 3 is 2.34 bits per heavy atom. The molecule has 1 N–H and O–H groups in total. The molecule has 1 aliphatic heterocycles. The van der Waals surface area contributed by atoms with Gasteiger partial charge in [0.15, 0.2) is 5.76 Å². The van der Waals surface area contributed by atoms with E-state index in [0.717, 1.165) is 30.5 Å². The van der Waals surface area contributed by atoms with Crippen molar-refractivity contribution in [2.75, 3.05) is 26.7 Å². The number of halogens is 3. The monoisotopic (exact) mass is 432 g/mol. The van der Waals surface area contributed by atoms with Gasteiger partial charge in [-0.05, 0) is 61.4 Å². The number of nitrogens with one attached hydrogen (secondary N) is 1. The molecule has 0 bridgehead atoms. The van der Waals surface area contributed by atoms with Gasteiger partial charge in [-0.15, -0.1) is 13.2 Å². The van der Waals surface area contributed by atoms with Crippen molar-refractivity contribution in [2.45, 2.75) is 36.9 Å². The van der Waals surface area contributed by atoms with E-state index in [1.165, 1.54) is 19.2 Å². The van der Waals surface area contributed by atoms with Crippen LogP contribution in [0.3, 0.4) is 0 Å². The average molecular weight is 432 g/mol. The zero-order chi connectivity index (χ0) is 21.0. The number of piperidine rings is 1. The summed E-state index contributed by atoms with van der Waals surface area (Å²) in [6, 6.07) is 5.00. The first-order valence-corrected chi connectivity index (χ1v) is 10.4. The van der Waals surface area contributed by atoms with E-state index in [0.29, 0.717) is 49.0 Å². The van der Waals surface area contributed by atoms with Crippen LogP contribution in [0.5, 0.6) is 5.75 Å². The SMILES string of the molecule is COC(C(=O)NCC1CC1)=C1CCN(S(=O)c2ccc(OC(F)(F)F)cc2)CC1. The van der Waals surface area contributed by atoms with E-state index in [1.54, 1.807) is 4.31 Å². The molecule has 2 fully saturated rings. The summed E-state index contributed by atoms with van der Waals surface area (Å²) >= 11 is 0. The molecule has 1 aromatic rings. The highest BCUT2D eigenvalue weighted by molar-refractivity contribution is 7.82. The molecular weight excluding hydrogens is 409 g/mol.